The number of hydrogen-bond donors (Lipinski definition) is 3. The van der Waals surface area contributed by atoms with Gasteiger partial charge in [0, 0.05) is 5.02 Å². The average molecular weight is 421 g/mol. The predicted molar refractivity (Wildman–Crippen MR) is 96.2 cm³/mol. The number of aliphatic hydroxyl groups is 1. The first-order chi connectivity index (χ1) is 12.1. The highest BCUT2D eigenvalue weighted by Gasteiger charge is 2.66. The molecule has 138 valence electrons. The normalized spacial score (nSPS) is 26.1. The van der Waals surface area contributed by atoms with Crippen LogP contribution >= 0.6 is 35.2 Å². The number of Topliss-reactive ketones (excluding diaryl/α,β-unsaturated/α-hetero) is 1. The summed E-state index contributed by atoms with van der Waals surface area (Å²) in [6, 6.07) is 7.84. The van der Waals surface area contributed by atoms with Gasteiger partial charge in [0.1, 0.15) is 5.92 Å². The Bertz CT molecular complexity index is 844. The van der Waals surface area contributed by atoms with E-state index in [1.807, 2.05) is 5.32 Å². The Kier molecular flexibility index (Phi) is 5.00. The van der Waals surface area contributed by atoms with Crippen LogP contribution in [-0.2, 0) is 0 Å². The van der Waals surface area contributed by atoms with Crippen molar-refractivity contribution in [2.45, 2.75) is 17.9 Å². The molecular weight excluding hydrogens is 409 g/mol. The number of hydrogen-bond acceptors (Lipinski definition) is 4. The van der Waals surface area contributed by atoms with Gasteiger partial charge in [-0.05, 0) is 35.3 Å². The van der Waals surface area contributed by atoms with E-state index in [4.69, 9.17) is 23.8 Å². The second-order valence-electron chi connectivity index (χ2n) is 5.68. The van der Waals surface area contributed by atoms with Crippen LogP contribution in [0.15, 0.2) is 41.8 Å². The van der Waals surface area contributed by atoms with Crippen molar-refractivity contribution >= 4 is 46.1 Å². The number of nitrogens with one attached hydrogen (secondary N) is 2. The van der Waals surface area contributed by atoms with Crippen molar-refractivity contribution < 1.29 is 23.1 Å². The average Bonchev–Trinajstić information content (AvgIpc) is 3.07. The van der Waals surface area contributed by atoms with E-state index in [2.05, 4.69) is 5.32 Å². The number of rotatable bonds is 3. The molecule has 0 unspecified atom stereocenters. The Hall–Kier alpha value is -1.68. The Morgan fingerprint density at radius 3 is 2.54 bits per heavy atom. The molecule has 1 aromatic carbocycles. The molecule has 3 rings (SSSR count). The third-order valence-corrected chi connectivity index (χ3v) is 5.54. The van der Waals surface area contributed by atoms with Crippen LogP contribution in [0, 0.1) is 5.92 Å². The lowest BCUT2D eigenvalue weighted by molar-refractivity contribution is -0.285. The smallest absolute Gasteiger partial charge is 0.363 e. The number of thiophene rings is 1. The van der Waals surface area contributed by atoms with Gasteiger partial charge in [0.25, 0.3) is 0 Å². The number of benzene rings is 1. The summed E-state index contributed by atoms with van der Waals surface area (Å²) in [5, 5.41) is 16.3. The quantitative estimate of drug-likeness (QED) is 0.522. The fourth-order valence-corrected chi connectivity index (χ4v) is 4.14. The van der Waals surface area contributed by atoms with Crippen LogP contribution in [0.25, 0.3) is 0 Å². The highest BCUT2D eigenvalue weighted by molar-refractivity contribution is 7.80. The third kappa shape index (κ3) is 3.20. The van der Waals surface area contributed by atoms with Crippen molar-refractivity contribution in [3.8, 4) is 0 Å². The minimum absolute atomic E-state index is 0.0890. The van der Waals surface area contributed by atoms with E-state index >= 15 is 0 Å². The zero-order valence-corrected chi connectivity index (χ0v) is 15.3. The van der Waals surface area contributed by atoms with Crippen molar-refractivity contribution in [3.63, 3.8) is 0 Å². The molecule has 2 heterocycles. The third-order valence-electron chi connectivity index (χ3n) is 4.09. The molecule has 0 bridgehead atoms. The van der Waals surface area contributed by atoms with Crippen LogP contribution in [0.4, 0.5) is 13.2 Å². The van der Waals surface area contributed by atoms with Gasteiger partial charge in [-0.15, -0.1) is 11.3 Å². The van der Waals surface area contributed by atoms with Gasteiger partial charge in [-0.2, -0.15) is 13.2 Å². The summed E-state index contributed by atoms with van der Waals surface area (Å²) in [5.41, 5.74) is -3.31. The van der Waals surface area contributed by atoms with E-state index < -0.39 is 34.8 Å². The topological polar surface area (TPSA) is 61.4 Å². The molecule has 1 aromatic heterocycles. The molecule has 1 saturated heterocycles. The molecule has 0 saturated carbocycles. The Labute approximate surface area is 161 Å². The first-order valence-corrected chi connectivity index (χ1v) is 9.01. The number of carbonyl (C=O) groups excluding carboxylic acids is 1. The van der Waals surface area contributed by atoms with E-state index in [0.717, 1.165) is 11.3 Å². The van der Waals surface area contributed by atoms with Crippen molar-refractivity contribution in [1.82, 2.24) is 10.6 Å². The zero-order chi connectivity index (χ0) is 19.1. The summed E-state index contributed by atoms with van der Waals surface area (Å²) >= 11 is 12.0. The molecule has 0 aliphatic carbocycles. The highest BCUT2D eigenvalue weighted by Crippen LogP contribution is 2.45. The summed E-state index contributed by atoms with van der Waals surface area (Å²) in [6.45, 7) is 0. The maximum absolute atomic E-state index is 13.8. The molecule has 0 spiro atoms. The van der Waals surface area contributed by atoms with E-state index in [0.29, 0.717) is 0 Å². The number of thiocarbonyl (C=S) groups is 1. The molecule has 1 aliphatic rings. The molecule has 26 heavy (non-hydrogen) atoms. The minimum Gasteiger partial charge on any atom is -0.363 e. The Morgan fingerprint density at radius 1 is 1.27 bits per heavy atom. The van der Waals surface area contributed by atoms with Gasteiger partial charge in [0.05, 0.1) is 10.9 Å². The fourth-order valence-electron chi connectivity index (χ4n) is 2.90. The standard InChI is InChI=1S/C16H12ClF3N2O2S2/c17-9-5-2-1-4-8(9)12-11(13(23)10-6-3-7-26-10)15(24,16(18,19)20)22-14(25)21-12/h1-7,11-12,24H,(H2,21,22,25)/t11-,12-,15+/m0/s1. The van der Waals surface area contributed by atoms with E-state index in [1.165, 1.54) is 18.2 Å². The van der Waals surface area contributed by atoms with Gasteiger partial charge in [0.2, 0.25) is 5.72 Å². The van der Waals surface area contributed by atoms with Gasteiger partial charge in [-0.3, -0.25) is 4.79 Å². The summed E-state index contributed by atoms with van der Waals surface area (Å²) in [4.78, 5) is 13.0. The number of ketones is 1. The van der Waals surface area contributed by atoms with Crippen LogP contribution < -0.4 is 10.6 Å². The van der Waals surface area contributed by atoms with Crippen molar-refractivity contribution in [2.75, 3.05) is 0 Å². The zero-order valence-electron chi connectivity index (χ0n) is 12.9. The minimum atomic E-state index is -5.16. The van der Waals surface area contributed by atoms with Crippen LogP contribution in [-0.4, -0.2) is 27.9 Å². The van der Waals surface area contributed by atoms with Gasteiger partial charge in [0.15, 0.2) is 10.9 Å². The second-order valence-corrected chi connectivity index (χ2v) is 7.44. The molecule has 1 fully saturated rings. The SMILES string of the molecule is O=C(c1cccs1)[C@@H]1[C@H](c2ccccc2Cl)NC(=S)N[C@]1(O)C(F)(F)F. The lowest BCUT2D eigenvalue weighted by Gasteiger charge is -2.46. The first kappa shape index (κ1) is 19.1. The maximum Gasteiger partial charge on any atom is 0.437 e. The molecule has 3 atom stereocenters. The molecule has 0 amide bonds. The summed E-state index contributed by atoms with van der Waals surface area (Å²) in [5.74, 6) is -2.81. The van der Waals surface area contributed by atoms with Crippen molar-refractivity contribution in [2.24, 2.45) is 5.92 Å². The Morgan fingerprint density at radius 2 is 1.96 bits per heavy atom. The predicted octanol–water partition coefficient (Wildman–Crippen LogP) is 3.67. The maximum atomic E-state index is 13.8. The van der Waals surface area contributed by atoms with E-state index in [1.54, 1.807) is 23.6 Å². The fraction of sp³-hybridized carbons (Fsp3) is 0.250. The largest absolute Gasteiger partial charge is 0.437 e. The lowest BCUT2D eigenvalue weighted by Crippen LogP contribution is -2.72. The van der Waals surface area contributed by atoms with Crippen LogP contribution in [0.1, 0.15) is 21.3 Å². The van der Waals surface area contributed by atoms with Gasteiger partial charge in [-0.25, -0.2) is 0 Å². The molecule has 3 N–H and O–H groups in total. The molecule has 2 aromatic rings. The summed E-state index contributed by atoms with van der Waals surface area (Å²) in [7, 11) is 0. The van der Waals surface area contributed by atoms with Crippen molar-refractivity contribution in [1.29, 1.82) is 0 Å². The lowest BCUT2D eigenvalue weighted by atomic mass is 9.78. The summed E-state index contributed by atoms with van der Waals surface area (Å²) < 4.78 is 41.3. The number of halogens is 4. The molecule has 0 radical (unpaired) electrons. The Balaban J connectivity index is 2.18. The molecule has 10 heteroatoms. The molecule has 4 nitrogen and oxygen atoms in total. The second kappa shape index (κ2) is 6.80. The monoisotopic (exact) mass is 420 g/mol. The van der Waals surface area contributed by atoms with Gasteiger partial charge in [-0.1, -0.05) is 35.9 Å². The number of alkyl halides is 3. The van der Waals surface area contributed by atoms with Crippen LogP contribution in [0.3, 0.4) is 0 Å². The molecule has 1 aliphatic heterocycles. The van der Waals surface area contributed by atoms with E-state index in [9.17, 15) is 23.1 Å². The highest BCUT2D eigenvalue weighted by atomic mass is 35.5. The van der Waals surface area contributed by atoms with Crippen LogP contribution in [0.2, 0.25) is 5.02 Å². The van der Waals surface area contributed by atoms with Gasteiger partial charge >= 0.3 is 6.18 Å². The number of carbonyl (C=O) groups is 1. The van der Waals surface area contributed by atoms with Crippen molar-refractivity contribution in [3.05, 3.63) is 57.2 Å². The summed E-state index contributed by atoms with van der Waals surface area (Å²) in [6.07, 6.45) is -5.16. The molecular formula is C16H12ClF3N2O2S2. The first-order valence-electron chi connectivity index (χ1n) is 7.35. The van der Waals surface area contributed by atoms with E-state index in [-0.39, 0.29) is 15.5 Å². The van der Waals surface area contributed by atoms with Crippen LogP contribution in [0.5, 0.6) is 0 Å². The van der Waals surface area contributed by atoms with Gasteiger partial charge < -0.3 is 15.7 Å².